The maximum Gasteiger partial charge on any atom is 0.257 e. The van der Waals surface area contributed by atoms with Crippen molar-refractivity contribution in [1.82, 2.24) is 5.16 Å². The van der Waals surface area contributed by atoms with Gasteiger partial charge in [0, 0.05) is 17.3 Å². The summed E-state index contributed by atoms with van der Waals surface area (Å²) in [5.74, 6) is 0.475. The highest BCUT2D eigenvalue weighted by Gasteiger charge is 2.17. The van der Waals surface area contributed by atoms with Gasteiger partial charge in [-0.1, -0.05) is 64.7 Å². The molecule has 0 saturated heterocycles. The van der Waals surface area contributed by atoms with Crippen LogP contribution in [-0.4, -0.2) is 15.9 Å². The van der Waals surface area contributed by atoms with E-state index in [9.17, 15) is 4.79 Å². The summed E-state index contributed by atoms with van der Waals surface area (Å²) in [6.45, 7) is 3.56. The first-order valence-electron chi connectivity index (χ1n) is 7.72. The monoisotopic (exact) mass is 422 g/mol. The molecule has 0 radical (unpaired) electrons. The molecule has 8 heteroatoms. The number of anilines is 1. The molecular formula is C19H13Cl3N2O3. The molecule has 2 aromatic carbocycles. The van der Waals surface area contributed by atoms with Crippen LogP contribution in [0.5, 0.6) is 5.75 Å². The maximum atomic E-state index is 11.6. The highest BCUT2D eigenvalue weighted by Crippen LogP contribution is 2.37. The minimum Gasteiger partial charge on any atom is -0.465 e. The molecule has 1 aromatic heterocycles. The Morgan fingerprint density at radius 3 is 2.74 bits per heavy atom. The lowest BCUT2D eigenvalue weighted by Gasteiger charge is -2.07. The van der Waals surface area contributed by atoms with Crippen LogP contribution in [0.25, 0.3) is 22.6 Å². The van der Waals surface area contributed by atoms with Crippen LogP contribution in [0.3, 0.4) is 0 Å². The molecule has 3 rings (SSSR count). The van der Waals surface area contributed by atoms with Crippen LogP contribution in [0.2, 0.25) is 5.02 Å². The van der Waals surface area contributed by atoms with E-state index >= 15 is 0 Å². The number of ether oxygens (including phenoxy) is 1. The predicted molar refractivity (Wildman–Crippen MR) is 107 cm³/mol. The molecule has 1 heterocycles. The van der Waals surface area contributed by atoms with Crippen molar-refractivity contribution < 1.29 is 14.1 Å². The van der Waals surface area contributed by atoms with Crippen LogP contribution in [0.15, 0.2) is 65.9 Å². The van der Waals surface area contributed by atoms with Crippen molar-refractivity contribution in [2.45, 2.75) is 4.84 Å². The zero-order valence-corrected chi connectivity index (χ0v) is 16.1. The lowest BCUT2D eigenvalue weighted by Crippen LogP contribution is -2.18. The minimum atomic E-state index is -1.16. The molecule has 0 aliphatic heterocycles. The van der Waals surface area contributed by atoms with Gasteiger partial charge in [-0.2, -0.15) is 0 Å². The van der Waals surface area contributed by atoms with Gasteiger partial charge in [-0.3, -0.25) is 4.79 Å². The summed E-state index contributed by atoms with van der Waals surface area (Å²) in [7, 11) is 0. The number of nitrogens with zero attached hydrogens (tertiary/aromatic N) is 1. The quantitative estimate of drug-likeness (QED) is 0.394. The zero-order valence-electron chi connectivity index (χ0n) is 13.8. The third-order valence-corrected chi connectivity index (χ3v) is 4.28. The van der Waals surface area contributed by atoms with E-state index < -0.39 is 10.7 Å². The van der Waals surface area contributed by atoms with Crippen molar-refractivity contribution in [2.75, 3.05) is 5.32 Å². The number of alkyl halides is 2. The fraction of sp³-hybridized carbons (Fsp3) is 0.0526. The number of halogens is 3. The molecule has 0 spiro atoms. The minimum absolute atomic E-state index is 0.463. The SMILES string of the molecule is C=COc1cccc(Cl)c1-c1cc(-c2cccc(NC(=O)C(Cl)Cl)c2)on1. The Hall–Kier alpha value is -2.47. The Balaban J connectivity index is 1.93. The van der Waals surface area contributed by atoms with Crippen molar-refractivity contribution in [3.05, 3.63) is 66.4 Å². The molecule has 5 nitrogen and oxygen atoms in total. The first kappa shape index (κ1) is 19.3. The van der Waals surface area contributed by atoms with Crippen molar-refractivity contribution in [3.8, 4) is 28.3 Å². The fourth-order valence-corrected chi connectivity index (χ4v) is 2.79. The molecule has 138 valence electrons. The van der Waals surface area contributed by atoms with Crippen molar-refractivity contribution in [3.63, 3.8) is 0 Å². The molecule has 0 bridgehead atoms. The van der Waals surface area contributed by atoms with Gasteiger partial charge in [0.1, 0.15) is 11.4 Å². The average Bonchev–Trinajstić information content (AvgIpc) is 3.12. The maximum absolute atomic E-state index is 11.6. The normalized spacial score (nSPS) is 10.7. The third kappa shape index (κ3) is 4.45. The molecule has 3 aromatic rings. The van der Waals surface area contributed by atoms with E-state index in [-0.39, 0.29) is 0 Å². The second-order valence-electron chi connectivity index (χ2n) is 5.34. The third-order valence-electron chi connectivity index (χ3n) is 3.56. The standard InChI is InChI=1S/C19H13Cl3N2O3/c1-2-26-15-8-4-7-13(20)17(15)14-10-16(27-24-14)11-5-3-6-12(9-11)23-19(25)18(21)22/h2-10,18H,1H2,(H,23,25). The molecular weight excluding hydrogens is 411 g/mol. The van der Waals surface area contributed by atoms with E-state index in [1.807, 2.05) is 6.07 Å². The molecule has 1 amide bonds. The van der Waals surface area contributed by atoms with Crippen LogP contribution in [0.4, 0.5) is 5.69 Å². The summed E-state index contributed by atoms with van der Waals surface area (Å²) in [4.78, 5) is 10.5. The number of hydrogen-bond donors (Lipinski definition) is 1. The van der Waals surface area contributed by atoms with E-state index in [1.54, 1.807) is 42.5 Å². The summed E-state index contributed by atoms with van der Waals surface area (Å²) in [6.07, 6.45) is 1.31. The van der Waals surface area contributed by atoms with E-state index in [1.165, 1.54) is 6.26 Å². The van der Waals surface area contributed by atoms with Gasteiger partial charge < -0.3 is 14.6 Å². The Labute approximate surface area is 170 Å². The van der Waals surface area contributed by atoms with Crippen molar-refractivity contribution in [1.29, 1.82) is 0 Å². The van der Waals surface area contributed by atoms with Crippen LogP contribution in [-0.2, 0) is 4.79 Å². The fourth-order valence-electron chi connectivity index (χ4n) is 2.42. The molecule has 0 fully saturated rings. The average molecular weight is 424 g/mol. The number of aromatic nitrogens is 1. The van der Waals surface area contributed by atoms with Crippen LogP contribution < -0.4 is 10.1 Å². The predicted octanol–water partition coefficient (Wildman–Crippen LogP) is 5.93. The zero-order chi connectivity index (χ0) is 19.4. The highest BCUT2D eigenvalue weighted by molar-refractivity contribution is 6.54. The molecule has 0 atom stereocenters. The van der Waals surface area contributed by atoms with E-state index in [2.05, 4.69) is 17.1 Å². The number of amides is 1. The van der Waals surface area contributed by atoms with Crippen LogP contribution >= 0.6 is 34.8 Å². The Bertz CT molecular complexity index is 986. The number of carbonyl (C=O) groups is 1. The molecule has 0 unspecified atom stereocenters. The summed E-state index contributed by atoms with van der Waals surface area (Å²) in [5, 5.41) is 7.15. The van der Waals surface area contributed by atoms with Gasteiger partial charge in [0.15, 0.2) is 10.6 Å². The second-order valence-corrected chi connectivity index (χ2v) is 6.85. The van der Waals surface area contributed by atoms with Gasteiger partial charge in [-0.15, -0.1) is 0 Å². The van der Waals surface area contributed by atoms with Crippen molar-refractivity contribution >= 4 is 46.4 Å². The van der Waals surface area contributed by atoms with Gasteiger partial charge in [-0.25, -0.2) is 0 Å². The molecule has 27 heavy (non-hydrogen) atoms. The van der Waals surface area contributed by atoms with Crippen LogP contribution in [0.1, 0.15) is 0 Å². The summed E-state index contributed by atoms with van der Waals surface area (Å²) < 4.78 is 10.8. The van der Waals surface area contributed by atoms with Crippen LogP contribution in [0, 0.1) is 0 Å². The summed E-state index contributed by atoms with van der Waals surface area (Å²) in [5.41, 5.74) is 2.31. The topological polar surface area (TPSA) is 64.4 Å². The van der Waals surface area contributed by atoms with Gasteiger partial charge in [-0.05, 0) is 24.3 Å². The second kappa shape index (κ2) is 8.48. The van der Waals surface area contributed by atoms with Gasteiger partial charge in [0.05, 0.1) is 16.8 Å². The first-order valence-corrected chi connectivity index (χ1v) is 8.97. The van der Waals surface area contributed by atoms with E-state index in [0.29, 0.717) is 39.0 Å². The number of benzene rings is 2. The smallest absolute Gasteiger partial charge is 0.257 e. The Morgan fingerprint density at radius 1 is 1.22 bits per heavy atom. The molecule has 0 saturated carbocycles. The molecule has 1 N–H and O–H groups in total. The van der Waals surface area contributed by atoms with Crippen molar-refractivity contribution in [2.24, 2.45) is 0 Å². The van der Waals surface area contributed by atoms with E-state index in [0.717, 1.165) is 0 Å². The van der Waals surface area contributed by atoms with E-state index in [4.69, 9.17) is 44.1 Å². The van der Waals surface area contributed by atoms with Gasteiger partial charge in [0.25, 0.3) is 5.91 Å². The highest BCUT2D eigenvalue weighted by atomic mass is 35.5. The lowest BCUT2D eigenvalue weighted by atomic mass is 10.1. The number of hydrogen-bond acceptors (Lipinski definition) is 4. The Kier molecular flexibility index (Phi) is 6.06. The largest absolute Gasteiger partial charge is 0.465 e. The first-order chi connectivity index (χ1) is 13.0. The van der Waals surface area contributed by atoms with Gasteiger partial charge in [0.2, 0.25) is 0 Å². The number of nitrogens with one attached hydrogen (secondary N) is 1. The molecule has 0 aliphatic carbocycles. The van der Waals surface area contributed by atoms with Gasteiger partial charge >= 0.3 is 0 Å². The number of carbonyl (C=O) groups excluding carboxylic acids is 1. The molecule has 0 aliphatic rings. The lowest BCUT2D eigenvalue weighted by molar-refractivity contribution is -0.114. The summed E-state index contributed by atoms with van der Waals surface area (Å²) in [6, 6.07) is 14.0. The number of rotatable bonds is 6. The summed E-state index contributed by atoms with van der Waals surface area (Å²) >= 11 is 17.4. The Morgan fingerprint density at radius 2 is 2.00 bits per heavy atom.